The first kappa shape index (κ1) is 18.7. The third kappa shape index (κ3) is 3.57. The van der Waals surface area contributed by atoms with Crippen molar-refractivity contribution in [2.75, 3.05) is 4.90 Å². The Bertz CT molecular complexity index is 1120. The zero-order valence-electron chi connectivity index (χ0n) is 15.4. The summed E-state index contributed by atoms with van der Waals surface area (Å²) in [7, 11) is 0. The van der Waals surface area contributed by atoms with Crippen molar-refractivity contribution < 1.29 is 14.7 Å². The molecule has 0 fully saturated rings. The van der Waals surface area contributed by atoms with Gasteiger partial charge < -0.3 is 5.11 Å². The maximum absolute atomic E-state index is 13.0. The van der Waals surface area contributed by atoms with E-state index in [1.54, 1.807) is 37.5 Å². The number of nitrogens with zero attached hydrogens (tertiary/aromatic N) is 4. The lowest BCUT2D eigenvalue weighted by Gasteiger charge is -2.23. The van der Waals surface area contributed by atoms with E-state index in [0.29, 0.717) is 15.7 Å². The van der Waals surface area contributed by atoms with Crippen LogP contribution < -0.4 is 4.90 Å². The van der Waals surface area contributed by atoms with Crippen molar-refractivity contribution in [3.05, 3.63) is 88.4 Å². The van der Waals surface area contributed by atoms with Gasteiger partial charge in [0.2, 0.25) is 5.13 Å². The summed E-state index contributed by atoms with van der Waals surface area (Å²) < 4.78 is 0. The molecule has 1 aromatic carbocycles. The number of aliphatic hydroxyl groups is 1. The van der Waals surface area contributed by atoms with Gasteiger partial charge in [0.25, 0.3) is 5.91 Å². The molecule has 1 atom stereocenters. The highest BCUT2D eigenvalue weighted by Crippen LogP contribution is 2.41. The van der Waals surface area contributed by atoms with Gasteiger partial charge in [-0.3, -0.25) is 19.5 Å². The van der Waals surface area contributed by atoms with Gasteiger partial charge in [0.05, 0.1) is 11.6 Å². The summed E-state index contributed by atoms with van der Waals surface area (Å²) in [5.41, 5.74) is 1.41. The summed E-state index contributed by atoms with van der Waals surface area (Å²) in [6, 6.07) is 11.9. The highest BCUT2D eigenvalue weighted by molar-refractivity contribution is 7.15. The van der Waals surface area contributed by atoms with E-state index in [1.807, 2.05) is 30.3 Å². The molecule has 29 heavy (non-hydrogen) atoms. The molecule has 1 unspecified atom stereocenters. The van der Waals surface area contributed by atoms with Gasteiger partial charge in [-0.25, -0.2) is 0 Å². The van der Waals surface area contributed by atoms with E-state index in [0.717, 1.165) is 5.56 Å². The molecule has 144 valence electrons. The van der Waals surface area contributed by atoms with E-state index >= 15 is 0 Å². The molecule has 7 nitrogen and oxygen atoms in total. The first-order chi connectivity index (χ1) is 14.1. The van der Waals surface area contributed by atoms with E-state index in [1.165, 1.54) is 22.3 Å². The Hall–Kier alpha value is -3.65. The Morgan fingerprint density at radius 2 is 1.97 bits per heavy atom. The Morgan fingerprint density at radius 1 is 1.17 bits per heavy atom. The van der Waals surface area contributed by atoms with Gasteiger partial charge in [-0.2, -0.15) is 0 Å². The van der Waals surface area contributed by atoms with E-state index in [-0.39, 0.29) is 5.57 Å². The molecule has 1 aliphatic heterocycles. The molecule has 0 aliphatic carbocycles. The van der Waals surface area contributed by atoms with E-state index < -0.39 is 23.5 Å². The summed E-state index contributed by atoms with van der Waals surface area (Å²) >= 11 is 1.21. The predicted molar refractivity (Wildman–Crippen MR) is 109 cm³/mol. The average molecular weight is 404 g/mol. The number of amides is 1. The fourth-order valence-corrected chi connectivity index (χ4v) is 3.83. The Morgan fingerprint density at radius 3 is 2.62 bits per heavy atom. The van der Waals surface area contributed by atoms with Gasteiger partial charge in [0.1, 0.15) is 5.01 Å². The lowest BCUT2D eigenvalue weighted by atomic mass is 9.97. The smallest absolute Gasteiger partial charge is 0.296 e. The molecular weight excluding hydrogens is 388 g/mol. The minimum absolute atomic E-state index is 0.0111. The fourth-order valence-electron chi connectivity index (χ4n) is 3.12. The molecule has 0 radical (unpaired) electrons. The van der Waals surface area contributed by atoms with Gasteiger partial charge in [-0.1, -0.05) is 53.8 Å². The summed E-state index contributed by atoms with van der Waals surface area (Å²) in [6.07, 6.45) is 6.16. The number of carbonyl (C=O) groups is 2. The molecular formula is C21H16N4O3S. The van der Waals surface area contributed by atoms with Gasteiger partial charge in [-0.05, 0) is 30.2 Å². The number of pyridine rings is 1. The number of aromatic nitrogens is 3. The van der Waals surface area contributed by atoms with Crippen molar-refractivity contribution in [1.29, 1.82) is 0 Å². The molecule has 0 spiro atoms. The largest absolute Gasteiger partial charge is 0.503 e. The number of aryl methyl sites for hydroxylation is 1. The number of carbonyl (C=O) groups excluding carboxylic acids is 2. The number of hydrogen-bond acceptors (Lipinski definition) is 7. The Balaban J connectivity index is 1.77. The molecule has 4 rings (SSSR count). The third-order valence-electron chi connectivity index (χ3n) is 4.42. The van der Waals surface area contributed by atoms with Crippen LogP contribution in [0.5, 0.6) is 0 Å². The zero-order valence-corrected chi connectivity index (χ0v) is 16.2. The van der Waals surface area contributed by atoms with Crippen LogP contribution in [0.1, 0.15) is 22.2 Å². The van der Waals surface area contributed by atoms with E-state index in [4.69, 9.17) is 0 Å². The van der Waals surface area contributed by atoms with Crippen molar-refractivity contribution >= 4 is 34.2 Å². The minimum Gasteiger partial charge on any atom is -0.503 e. The second-order valence-corrected chi connectivity index (χ2v) is 7.50. The monoisotopic (exact) mass is 404 g/mol. The zero-order chi connectivity index (χ0) is 20.4. The highest BCUT2D eigenvalue weighted by atomic mass is 32.1. The molecule has 1 aliphatic rings. The van der Waals surface area contributed by atoms with Crippen molar-refractivity contribution in [2.45, 2.75) is 13.0 Å². The molecule has 1 N–H and O–H groups in total. The lowest BCUT2D eigenvalue weighted by Crippen LogP contribution is -2.30. The second-order valence-electron chi connectivity index (χ2n) is 6.34. The fraction of sp³-hybridized carbons (Fsp3) is 0.0952. The topological polar surface area (TPSA) is 96.3 Å². The van der Waals surface area contributed by atoms with Crippen LogP contribution in [0.3, 0.4) is 0 Å². The summed E-state index contributed by atoms with van der Waals surface area (Å²) in [6.45, 7) is 1.77. The molecule has 8 heteroatoms. The third-order valence-corrected chi connectivity index (χ3v) is 5.26. The van der Waals surface area contributed by atoms with Crippen LogP contribution in [0.2, 0.25) is 0 Å². The first-order valence-electron chi connectivity index (χ1n) is 8.80. The molecule has 2 aromatic heterocycles. The molecule has 1 amide bonds. The van der Waals surface area contributed by atoms with Crippen LogP contribution in [0.25, 0.3) is 6.08 Å². The van der Waals surface area contributed by atoms with Gasteiger partial charge in [-0.15, -0.1) is 10.2 Å². The van der Waals surface area contributed by atoms with Gasteiger partial charge >= 0.3 is 0 Å². The van der Waals surface area contributed by atoms with Crippen LogP contribution in [0.4, 0.5) is 5.13 Å². The van der Waals surface area contributed by atoms with Crippen molar-refractivity contribution in [1.82, 2.24) is 15.2 Å². The standard InChI is InChI=1S/C21H16N4O3S/c1-13-23-24-21(29-13)25-18(15-8-5-11-22-12-15)17(19(27)20(25)28)16(26)10-9-14-6-3-2-4-7-14/h2-12,18,27H,1H3. The number of aliphatic hydroxyl groups excluding tert-OH is 1. The maximum Gasteiger partial charge on any atom is 0.296 e. The normalized spacial score (nSPS) is 16.8. The lowest BCUT2D eigenvalue weighted by molar-refractivity contribution is -0.117. The van der Waals surface area contributed by atoms with Crippen molar-refractivity contribution in [3.63, 3.8) is 0 Å². The average Bonchev–Trinajstić information content (AvgIpc) is 3.28. The Labute approximate surface area is 170 Å². The van der Waals surface area contributed by atoms with Crippen LogP contribution in [0, 0.1) is 6.92 Å². The minimum atomic E-state index is -0.837. The van der Waals surface area contributed by atoms with E-state index in [2.05, 4.69) is 15.2 Å². The first-order valence-corrected chi connectivity index (χ1v) is 9.62. The van der Waals surface area contributed by atoms with Gasteiger partial charge in [0, 0.05) is 12.4 Å². The van der Waals surface area contributed by atoms with Crippen LogP contribution >= 0.6 is 11.3 Å². The highest BCUT2D eigenvalue weighted by Gasteiger charge is 2.45. The SMILES string of the molecule is Cc1nnc(N2C(=O)C(O)=C(C(=O)C=Cc3ccccc3)C2c2cccnc2)s1. The summed E-state index contributed by atoms with van der Waals surface area (Å²) in [5.74, 6) is -1.74. The molecule has 0 bridgehead atoms. The number of hydrogen-bond donors (Lipinski definition) is 1. The molecule has 0 saturated heterocycles. The Kier molecular flexibility index (Phi) is 5.01. The maximum atomic E-state index is 13.0. The molecule has 0 saturated carbocycles. The van der Waals surface area contributed by atoms with Crippen molar-refractivity contribution in [2.24, 2.45) is 0 Å². The summed E-state index contributed by atoms with van der Waals surface area (Å²) in [4.78, 5) is 31.2. The van der Waals surface area contributed by atoms with Gasteiger partial charge in [0.15, 0.2) is 11.5 Å². The number of rotatable bonds is 5. The number of anilines is 1. The number of benzene rings is 1. The molecule has 3 heterocycles. The quantitative estimate of drug-likeness (QED) is 0.655. The summed E-state index contributed by atoms with van der Waals surface area (Å²) in [5, 5.41) is 19.5. The van der Waals surface area contributed by atoms with Crippen LogP contribution in [-0.2, 0) is 9.59 Å². The van der Waals surface area contributed by atoms with E-state index in [9.17, 15) is 14.7 Å². The number of allylic oxidation sites excluding steroid dienone is 1. The predicted octanol–water partition coefficient (Wildman–Crippen LogP) is 3.42. The second kappa shape index (κ2) is 7.76. The molecule has 3 aromatic rings. The van der Waals surface area contributed by atoms with Crippen molar-refractivity contribution in [3.8, 4) is 0 Å². The van der Waals surface area contributed by atoms with Crippen LogP contribution in [-0.4, -0.2) is 32.0 Å². The van der Waals surface area contributed by atoms with Crippen LogP contribution in [0.15, 0.2) is 72.3 Å². The number of ketones is 1.